The first-order chi connectivity index (χ1) is 11.8. The van der Waals surface area contributed by atoms with Crippen molar-refractivity contribution in [3.8, 4) is 0 Å². The molecule has 1 aliphatic heterocycles. The van der Waals surface area contributed by atoms with Gasteiger partial charge in [-0.3, -0.25) is 4.79 Å². The molecule has 0 saturated carbocycles. The minimum atomic E-state index is 0.192. The van der Waals surface area contributed by atoms with Crippen molar-refractivity contribution in [2.75, 3.05) is 13.1 Å². The molecule has 4 rings (SSSR count). The van der Waals surface area contributed by atoms with Crippen molar-refractivity contribution in [3.05, 3.63) is 43.2 Å². The van der Waals surface area contributed by atoms with Gasteiger partial charge in [-0.1, -0.05) is 12.1 Å². The summed E-state index contributed by atoms with van der Waals surface area (Å²) in [5, 5.41) is 4.21. The second kappa shape index (κ2) is 6.43. The van der Waals surface area contributed by atoms with Gasteiger partial charge in [0, 0.05) is 26.1 Å². The zero-order valence-electron chi connectivity index (χ0n) is 13.5. The fourth-order valence-electron chi connectivity index (χ4n) is 3.37. The number of nitrogens with zero attached hydrogens (tertiary/aromatic N) is 6. The molecule has 24 heavy (non-hydrogen) atoms. The predicted octanol–water partition coefficient (Wildman–Crippen LogP) is 1.88. The van der Waals surface area contributed by atoms with E-state index in [1.54, 1.807) is 12.7 Å². The first-order valence-corrected chi connectivity index (χ1v) is 8.33. The van der Waals surface area contributed by atoms with Crippen molar-refractivity contribution in [1.82, 2.24) is 29.2 Å². The molecule has 0 aliphatic carbocycles. The molecule has 7 nitrogen and oxygen atoms in total. The SMILES string of the molecule is O=C(CCn1cnc2ccccc21)N1CCC[C@H](n2cncn2)C1. The summed E-state index contributed by atoms with van der Waals surface area (Å²) >= 11 is 0. The quantitative estimate of drug-likeness (QED) is 0.735. The monoisotopic (exact) mass is 324 g/mol. The lowest BCUT2D eigenvalue weighted by Crippen LogP contribution is -2.41. The Morgan fingerprint density at radius 3 is 3.04 bits per heavy atom. The third-order valence-corrected chi connectivity index (χ3v) is 4.65. The molecule has 0 bridgehead atoms. The highest BCUT2D eigenvalue weighted by Crippen LogP contribution is 2.21. The minimum Gasteiger partial charge on any atom is -0.340 e. The maximum absolute atomic E-state index is 12.6. The van der Waals surface area contributed by atoms with Gasteiger partial charge >= 0.3 is 0 Å². The summed E-state index contributed by atoms with van der Waals surface area (Å²) in [7, 11) is 0. The van der Waals surface area contributed by atoms with E-state index in [4.69, 9.17) is 0 Å². The van der Waals surface area contributed by atoms with E-state index in [1.165, 1.54) is 0 Å². The summed E-state index contributed by atoms with van der Waals surface area (Å²) < 4.78 is 3.91. The third kappa shape index (κ3) is 2.89. The molecule has 1 amide bonds. The average molecular weight is 324 g/mol. The molecular weight excluding hydrogens is 304 g/mol. The first-order valence-electron chi connectivity index (χ1n) is 8.33. The van der Waals surface area contributed by atoms with Crippen molar-refractivity contribution in [1.29, 1.82) is 0 Å². The molecule has 0 N–H and O–H groups in total. The number of aryl methyl sites for hydroxylation is 1. The molecule has 2 aromatic heterocycles. The van der Waals surface area contributed by atoms with Crippen LogP contribution in [0, 0.1) is 0 Å². The van der Waals surface area contributed by atoms with Gasteiger partial charge in [-0.2, -0.15) is 5.10 Å². The Hall–Kier alpha value is -2.70. The second-order valence-corrected chi connectivity index (χ2v) is 6.19. The average Bonchev–Trinajstić information content (AvgIpc) is 3.30. The standard InChI is InChI=1S/C17H20N6O/c24-17(7-9-22-13-19-15-5-1-2-6-16(15)22)21-8-3-4-14(10-21)23-12-18-11-20-23/h1-2,5-6,11-14H,3-4,7-10H2/t14-/m0/s1. The molecule has 3 aromatic rings. The van der Waals surface area contributed by atoms with Crippen molar-refractivity contribution in [3.63, 3.8) is 0 Å². The largest absolute Gasteiger partial charge is 0.340 e. The van der Waals surface area contributed by atoms with E-state index in [-0.39, 0.29) is 11.9 Å². The van der Waals surface area contributed by atoms with Gasteiger partial charge < -0.3 is 9.47 Å². The van der Waals surface area contributed by atoms with E-state index >= 15 is 0 Å². The molecule has 1 aromatic carbocycles. The zero-order valence-corrected chi connectivity index (χ0v) is 13.5. The van der Waals surface area contributed by atoms with E-state index in [1.807, 2.05) is 44.7 Å². The van der Waals surface area contributed by atoms with Crippen molar-refractivity contribution < 1.29 is 4.79 Å². The highest BCUT2D eigenvalue weighted by Gasteiger charge is 2.24. The second-order valence-electron chi connectivity index (χ2n) is 6.19. The number of likely N-dealkylation sites (tertiary alicyclic amines) is 1. The van der Waals surface area contributed by atoms with Crippen LogP contribution in [0.3, 0.4) is 0 Å². The topological polar surface area (TPSA) is 68.8 Å². The summed E-state index contributed by atoms with van der Waals surface area (Å²) in [6.07, 6.45) is 7.63. The Labute approximate surface area is 139 Å². The van der Waals surface area contributed by atoms with E-state index in [0.717, 1.165) is 30.4 Å². The Morgan fingerprint density at radius 2 is 2.17 bits per heavy atom. The molecule has 124 valence electrons. The van der Waals surface area contributed by atoms with Gasteiger partial charge in [-0.25, -0.2) is 14.6 Å². The summed E-state index contributed by atoms with van der Waals surface area (Å²) in [6, 6.07) is 8.23. The number of hydrogen-bond acceptors (Lipinski definition) is 4. The van der Waals surface area contributed by atoms with Gasteiger partial charge in [-0.15, -0.1) is 0 Å². The molecular formula is C17H20N6O. The number of rotatable bonds is 4. The van der Waals surface area contributed by atoms with Crippen molar-refractivity contribution in [2.45, 2.75) is 31.8 Å². The molecule has 1 atom stereocenters. The number of fused-ring (bicyclic) bond motifs is 1. The van der Waals surface area contributed by atoms with Crippen LogP contribution in [0.5, 0.6) is 0 Å². The summed E-state index contributed by atoms with van der Waals surface area (Å²) in [5.74, 6) is 0.192. The van der Waals surface area contributed by atoms with Crippen LogP contribution >= 0.6 is 0 Å². The molecule has 0 radical (unpaired) electrons. The van der Waals surface area contributed by atoms with Gasteiger partial charge in [0.15, 0.2) is 0 Å². The summed E-state index contributed by atoms with van der Waals surface area (Å²) in [4.78, 5) is 22.9. The van der Waals surface area contributed by atoms with Crippen LogP contribution < -0.4 is 0 Å². The number of benzene rings is 1. The van der Waals surface area contributed by atoms with E-state index < -0.39 is 0 Å². The lowest BCUT2D eigenvalue weighted by Gasteiger charge is -2.32. The van der Waals surface area contributed by atoms with Gasteiger partial charge in [0.2, 0.25) is 5.91 Å². The molecule has 3 heterocycles. The maximum atomic E-state index is 12.6. The van der Waals surface area contributed by atoms with Crippen LogP contribution in [-0.4, -0.2) is 48.2 Å². The molecule has 1 saturated heterocycles. The Morgan fingerprint density at radius 1 is 1.25 bits per heavy atom. The Balaban J connectivity index is 1.39. The van der Waals surface area contributed by atoms with Gasteiger partial charge in [0.05, 0.1) is 23.4 Å². The van der Waals surface area contributed by atoms with E-state index in [0.29, 0.717) is 19.5 Å². The van der Waals surface area contributed by atoms with E-state index in [9.17, 15) is 4.79 Å². The van der Waals surface area contributed by atoms with E-state index in [2.05, 4.69) is 15.1 Å². The third-order valence-electron chi connectivity index (χ3n) is 4.65. The number of para-hydroxylation sites is 2. The normalized spacial score (nSPS) is 18.2. The molecule has 7 heteroatoms. The maximum Gasteiger partial charge on any atom is 0.224 e. The van der Waals surface area contributed by atoms with Crippen molar-refractivity contribution in [2.24, 2.45) is 0 Å². The minimum absolute atomic E-state index is 0.192. The zero-order chi connectivity index (χ0) is 16.4. The summed E-state index contributed by atoms with van der Waals surface area (Å²) in [6.45, 7) is 2.20. The van der Waals surface area contributed by atoms with Crippen LogP contribution in [0.25, 0.3) is 11.0 Å². The number of imidazole rings is 1. The fourth-order valence-corrected chi connectivity index (χ4v) is 3.37. The Bertz CT molecular complexity index is 825. The van der Waals surface area contributed by atoms with Crippen LogP contribution in [0.1, 0.15) is 25.3 Å². The smallest absolute Gasteiger partial charge is 0.224 e. The van der Waals surface area contributed by atoms with Crippen LogP contribution in [0.2, 0.25) is 0 Å². The fraction of sp³-hybridized carbons (Fsp3) is 0.412. The summed E-state index contributed by atoms with van der Waals surface area (Å²) in [5.41, 5.74) is 2.04. The predicted molar refractivity (Wildman–Crippen MR) is 89.2 cm³/mol. The van der Waals surface area contributed by atoms with Gasteiger partial charge in [0.1, 0.15) is 12.7 Å². The number of aromatic nitrogens is 5. The number of amides is 1. The van der Waals surface area contributed by atoms with Gasteiger partial charge in [0.25, 0.3) is 0 Å². The molecule has 1 fully saturated rings. The molecule has 1 aliphatic rings. The highest BCUT2D eigenvalue weighted by molar-refractivity contribution is 5.77. The Kier molecular flexibility index (Phi) is 3.98. The van der Waals surface area contributed by atoms with Crippen molar-refractivity contribution >= 4 is 16.9 Å². The number of hydrogen-bond donors (Lipinski definition) is 0. The lowest BCUT2D eigenvalue weighted by atomic mass is 10.1. The highest BCUT2D eigenvalue weighted by atomic mass is 16.2. The van der Waals surface area contributed by atoms with Crippen LogP contribution in [0.4, 0.5) is 0 Å². The number of carbonyl (C=O) groups excluding carboxylic acids is 1. The van der Waals surface area contributed by atoms with Crippen LogP contribution in [0.15, 0.2) is 43.2 Å². The van der Waals surface area contributed by atoms with Crippen LogP contribution in [-0.2, 0) is 11.3 Å². The van der Waals surface area contributed by atoms with Gasteiger partial charge in [-0.05, 0) is 25.0 Å². The first kappa shape index (κ1) is 14.9. The molecule has 0 spiro atoms. The molecule has 0 unspecified atom stereocenters. The lowest BCUT2D eigenvalue weighted by molar-refractivity contribution is -0.133. The number of piperidine rings is 1. The number of carbonyl (C=O) groups is 1.